The number of nitrogens with zero attached hydrogens (tertiary/aromatic N) is 2. The molecule has 1 heterocycles. The molecule has 0 saturated heterocycles. The first-order chi connectivity index (χ1) is 10.6. The molecule has 5 heteroatoms. The molecular formula is C17H30N3O2+. The van der Waals surface area contributed by atoms with Crippen LogP contribution in [-0.4, -0.2) is 41.0 Å². The van der Waals surface area contributed by atoms with Crippen molar-refractivity contribution in [2.45, 2.75) is 51.9 Å². The Morgan fingerprint density at radius 1 is 1.32 bits per heavy atom. The van der Waals surface area contributed by atoms with Gasteiger partial charge in [0.2, 0.25) is 5.84 Å². The SMILES string of the molecule is CCCCCCCC/C=C/C1=NC=C[N+]1(CCN)CC(=O)O. The fourth-order valence-corrected chi connectivity index (χ4v) is 2.72. The monoisotopic (exact) mass is 308 g/mol. The highest BCUT2D eigenvalue weighted by Crippen LogP contribution is 2.18. The van der Waals surface area contributed by atoms with Crippen LogP contribution in [0.1, 0.15) is 51.9 Å². The largest absolute Gasteiger partial charge is 0.477 e. The number of aliphatic imine (C=N–C) groups is 1. The van der Waals surface area contributed by atoms with Crippen LogP contribution in [-0.2, 0) is 4.79 Å². The minimum absolute atomic E-state index is 0.00606. The van der Waals surface area contributed by atoms with Gasteiger partial charge >= 0.3 is 5.97 Å². The molecule has 0 aromatic carbocycles. The quantitative estimate of drug-likeness (QED) is 0.430. The van der Waals surface area contributed by atoms with E-state index in [0.717, 1.165) is 12.3 Å². The maximum atomic E-state index is 11.1. The Kier molecular flexibility index (Phi) is 8.70. The Morgan fingerprint density at radius 2 is 2.05 bits per heavy atom. The highest BCUT2D eigenvalue weighted by molar-refractivity contribution is 5.90. The first kappa shape index (κ1) is 18.6. The molecule has 0 aromatic heterocycles. The van der Waals surface area contributed by atoms with E-state index in [0.29, 0.717) is 13.1 Å². The number of carboxylic acids is 1. The molecule has 1 aliphatic rings. The lowest BCUT2D eigenvalue weighted by molar-refractivity contribution is -0.775. The number of hydrogen-bond donors (Lipinski definition) is 2. The molecule has 1 atom stereocenters. The van der Waals surface area contributed by atoms with Gasteiger partial charge in [0.15, 0.2) is 6.54 Å². The van der Waals surface area contributed by atoms with Crippen molar-refractivity contribution in [1.82, 2.24) is 0 Å². The zero-order valence-electron chi connectivity index (χ0n) is 13.7. The van der Waals surface area contributed by atoms with Gasteiger partial charge < -0.3 is 10.8 Å². The molecule has 0 radical (unpaired) electrons. The minimum Gasteiger partial charge on any atom is -0.477 e. The smallest absolute Gasteiger partial charge is 0.360 e. The molecule has 0 spiro atoms. The van der Waals surface area contributed by atoms with Crippen LogP contribution in [0.25, 0.3) is 0 Å². The van der Waals surface area contributed by atoms with Gasteiger partial charge in [-0.2, -0.15) is 4.99 Å². The van der Waals surface area contributed by atoms with Crippen LogP contribution in [0.15, 0.2) is 29.5 Å². The molecule has 124 valence electrons. The average molecular weight is 308 g/mol. The van der Waals surface area contributed by atoms with Gasteiger partial charge in [0, 0.05) is 12.6 Å². The van der Waals surface area contributed by atoms with Gasteiger partial charge in [0.05, 0.1) is 6.20 Å². The Balaban J connectivity index is 2.42. The summed E-state index contributed by atoms with van der Waals surface area (Å²) in [5.41, 5.74) is 5.64. The topological polar surface area (TPSA) is 75.7 Å². The van der Waals surface area contributed by atoms with Crippen LogP contribution in [0.5, 0.6) is 0 Å². The number of aliphatic carboxylic acids is 1. The maximum Gasteiger partial charge on any atom is 0.360 e. The number of unbranched alkanes of at least 4 members (excludes halogenated alkanes) is 6. The lowest BCUT2D eigenvalue weighted by Crippen LogP contribution is -2.51. The van der Waals surface area contributed by atoms with Gasteiger partial charge in [-0.25, -0.2) is 9.28 Å². The summed E-state index contributed by atoms with van der Waals surface area (Å²) in [6.07, 6.45) is 16.3. The summed E-state index contributed by atoms with van der Waals surface area (Å²) in [5.74, 6) is -0.0594. The Hall–Kier alpha value is -1.46. The number of nitrogens with two attached hydrogens (primary N) is 1. The first-order valence-electron chi connectivity index (χ1n) is 8.36. The third kappa shape index (κ3) is 6.12. The molecule has 1 unspecified atom stereocenters. The van der Waals surface area contributed by atoms with Crippen LogP contribution in [0.2, 0.25) is 0 Å². The van der Waals surface area contributed by atoms with Crippen molar-refractivity contribution in [2.75, 3.05) is 19.6 Å². The molecule has 1 aliphatic heterocycles. The van der Waals surface area contributed by atoms with Crippen molar-refractivity contribution in [3.63, 3.8) is 0 Å². The zero-order chi connectivity index (χ0) is 16.3. The van der Waals surface area contributed by atoms with Crippen molar-refractivity contribution < 1.29 is 14.4 Å². The number of carbonyl (C=O) groups is 1. The van der Waals surface area contributed by atoms with Gasteiger partial charge in [-0.1, -0.05) is 45.1 Å². The lowest BCUT2D eigenvalue weighted by atomic mass is 10.1. The van der Waals surface area contributed by atoms with E-state index in [1.807, 2.05) is 12.3 Å². The van der Waals surface area contributed by atoms with E-state index in [4.69, 9.17) is 10.8 Å². The predicted molar refractivity (Wildman–Crippen MR) is 90.4 cm³/mol. The van der Waals surface area contributed by atoms with E-state index in [9.17, 15) is 4.79 Å². The number of amidine groups is 1. The van der Waals surface area contributed by atoms with E-state index in [-0.39, 0.29) is 11.0 Å². The van der Waals surface area contributed by atoms with E-state index >= 15 is 0 Å². The summed E-state index contributed by atoms with van der Waals surface area (Å²) in [6.45, 7) is 3.21. The second-order valence-corrected chi connectivity index (χ2v) is 5.84. The number of quaternary nitrogens is 1. The Morgan fingerprint density at radius 3 is 2.73 bits per heavy atom. The highest BCUT2D eigenvalue weighted by atomic mass is 16.4. The standard InChI is InChI=1S/C17H29N3O2/c1-2-3-4-5-6-7-8-9-10-16-19-12-14-20(16,13-11-18)15-17(21)22/h9-10,12,14H,2-8,11,13,15,18H2,1H3/p+1/b10-9+. The highest BCUT2D eigenvalue weighted by Gasteiger charge is 2.35. The maximum absolute atomic E-state index is 11.1. The number of hydrogen-bond acceptors (Lipinski definition) is 3. The molecule has 1 rings (SSSR count). The zero-order valence-corrected chi connectivity index (χ0v) is 13.7. The Labute approximate surface area is 133 Å². The van der Waals surface area contributed by atoms with Crippen LogP contribution < -0.4 is 5.73 Å². The third-order valence-corrected chi connectivity index (χ3v) is 3.95. The molecule has 5 nitrogen and oxygen atoms in total. The molecule has 0 fully saturated rings. The van der Waals surface area contributed by atoms with Crippen molar-refractivity contribution in [1.29, 1.82) is 0 Å². The summed E-state index contributed by atoms with van der Waals surface area (Å²) in [7, 11) is 0. The third-order valence-electron chi connectivity index (χ3n) is 3.95. The van der Waals surface area contributed by atoms with E-state index in [2.05, 4.69) is 18.0 Å². The number of allylic oxidation sites excluding steroid dienone is 1. The summed E-state index contributed by atoms with van der Waals surface area (Å²) in [5, 5.41) is 9.13. The predicted octanol–water partition coefficient (Wildman–Crippen LogP) is 3.04. The molecule has 0 saturated carbocycles. The summed E-state index contributed by atoms with van der Waals surface area (Å²) < 4.78 is 0.221. The van der Waals surface area contributed by atoms with E-state index in [1.165, 1.54) is 38.5 Å². The molecular weight excluding hydrogens is 278 g/mol. The fourth-order valence-electron chi connectivity index (χ4n) is 2.72. The molecule has 0 bridgehead atoms. The van der Waals surface area contributed by atoms with Gasteiger partial charge in [-0.05, 0) is 12.8 Å². The van der Waals surface area contributed by atoms with Crippen LogP contribution in [0, 0.1) is 0 Å². The normalized spacial score (nSPS) is 20.7. The molecule has 0 aromatic rings. The van der Waals surface area contributed by atoms with E-state index < -0.39 is 5.97 Å². The van der Waals surface area contributed by atoms with Gasteiger partial charge in [0.1, 0.15) is 12.7 Å². The average Bonchev–Trinajstić information content (AvgIpc) is 2.84. The van der Waals surface area contributed by atoms with Crippen LogP contribution >= 0.6 is 0 Å². The van der Waals surface area contributed by atoms with E-state index in [1.54, 1.807) is 6.20 Å². The van der Waals surface area contributed by atoms with Crippen LogP contribution in [0.4, 0.5) is 0 Å². The van der Waals surface area contributed by atoms with Crippen molar-refractivity contribution in [3.8, 4) is 0 Å². The van der Waals surface area contributed by atoms with Crippen molar-refractivity contribution >= 4 is 11.8 Å². The molecule has 0 amide bonds. The fraction of sp³-hybridized carbons (Fsp3) is 0.647. The van der Waals surface area contributed by atoms with Gasteiger partial charge in [0.25, 0.3) is 0 Å². The summed E-state index contributed by atoms with van der Waals surface area (Å²) in [6, 6.07) is 0. The minimum atomic E-state index is -0.836. The first-order valence-corrected chi connectivity index (χ1v) is 8.36. The molecule has 3 N–H and O–H groups in total. The summed E-state index contributed by atoms with van der Waals surface area (Å²) in [4.78, 5) is 15.4. The second-order valence-electron chi connectivity index (χ2n) is 5.84. The van der Waals surface area contributed by atoms with Crippen molar-refractivity contribution in [3.05, 3.63) is 24.6 Å². The molecule has 22 heavy (non-hydrogen) atoms. The van der Waals surface area contributed by atoms with Gasteiger partial charge in [-0.3, -0.25) is 0 Å². The Bertz CT molecular complexity index is 430. The van der Waals surface area contributed by atoms with Gasteiger partial charge in [-0.15, -0.1) is 0 Å². The van der Waals surface area contributed by atoms with Crippen molar-refractivity contribution in [2.24, 2.45) is 10.7 Å². The lowest BCUT2D eigenvalue weighted by Gasteiger charge is -2.28. The second kappa shape index (κ2) is 10.3. The van der Waals surface area contributed by atoms with Crippen LogP contribution in [0.3, 0.4) is 0 Å². The number of carboxylic acid groups (broad SMARTS) is 1. The molecule has 0 aliphatic carbocycles. The number of rotatable bonds is 12. The summed E-state index contributed by atoms with van der Waals surface area (Å²) >= 11 is 0.